The van der Waals surface area contributed by atoms with Crippen LogP contribution in [-0.4, -0.2) is 48.3 Å². The summed E-state index contributed by atoms with van der Waals surface area (Å²) in [6.45, 7) is 12.3. The molecule has 0 rings (SSSR count). The lowest BCUT2D eigenvalue weighted by atomic mass is 10.1. The second-order valence-corrected chi connectivity index (χ2v) is 6.08. The maximum absolute atomic E-state index is 12.3. The summed E-state index contributed by atoms with van der Waals surface area (Å²) in [5.74, 6) is 0.00338. The number of nitrogens with zero attached hydrogens (tertiary/aromatic N) is 2. The molecule has 0 aliphatic carbocycles. The normalized spacial score (nSPS) is 10.9. The molecule has 0 bridgehead atoms. The summed E-state index contributed by atoms with van der Waals surface area (Å²) in [5, 5.41) is 0. The average molecular weight is 270 g/mol. The van der Waals surface area contributed by atoms with Gasteiger partial charge in [0.25, 0.3) is 0 Å². The lowest BCUT2D eigenvalue weighted by Crippen LogP contribution is -2.46. The van der Waals surface area contributed by atoms with Crippen LogP contribution in [0.25, 0.3) is 0 Å². The van der Waals surface area contributed by atoms with E-state index in [9.17, 15) is 9.59 Å². The van der Waals surface area contributed by atoms with E-state index in [1.807, 2.05) is 0 Å². The molecule has 0 fully saturated rings. The number of unbranched alkanes of at least 4 members (excludes halogenated alkanes) is 1. The third kappa shape index (κ3) is 7.19. The van der Waals surface area contributed by atoms with Gasteiger partial charge in [-0.25, -0.2) is 0 Å². The predicted octanol–water partition coefficient (Wildman–Crippen LogP) is 2.39. The molecule has 0 saturated carbocycles. The number of carbonyl (C=O) groups excluding carboxylic acids is 2. The van der Waals surface area contributed by atoms with Crippen molar-refractivity contribution in [1.82, 2.24) is 9.80 Å². The Kier molecular flexibility index (Phi) is 8.44. The predicted molar refractivity (Wildman–Crippen MR) is 78.8 cm³/mol. The van der Waals surface area contributed by atoms with E-state index in [0.717, 1.165) is 12.8 Å². The Morgan fingerprint density at radius 2 is 1.42 bits per heavy atom. The molecule has 0 aromatic carbocycles. The van der Waals surface area contributed by atoms with E-state index in [1.165, 1.54) is 0 Å². The number of hydrogen-bond donors (Lipinski definition) is 0. The van der Waals surface area contributed by atoms with Gasteiger partial charge in [-0.05, 0) is 18.3 Å². The largest absolute Gasteiger partial charge is 0.338 e. The van der Waals surface area contributed by atoms with Gasteiger partial charge in [0.2, 0.25) is 0 Å². The summed E-state index contributed by atoms with van der Waals surface area (Å²) in [6.07, 6.45) is 1.96. The number of carbonyl (C=O) groups is 2. The van der Waals surface area contributed by atoms with Gasteiger partial charge in [-0.15, -0.1) is 0 Å². The average Bonchev–Trinajstić information content (AvgIpc) is 2.32. The molecule has 19 heavy (non-hydrogen) atoms. The molecule has 0 aliphatic heterocycles. The highest BCUT2D eigenvalue weighted by atomic mass is 16.2. The Bertz CT molecular complexity index is 278. The first-order chi connectivity index (χ1) is 8.79. The number of amides is 2. The maximum Gasteiger partial charge on any atom is 0.312 e. The summed E-state index contributed by atoms with van der Waals surface area (Å²) in [5.41, 5.74) is 0. The van der Waals surface area contributed by atoms with Crippen molar-refractivity contribution in [3.63, 3.8) is 0 Å². The molecule has 0 N–H and O–H groups in total. The third-order valence-electron chi connectivity index (χ3n) is 2.84. The second-order valence-electron chi connectivity index (χ2n) is 6.08. The highest BCUT2D eigenvalue weighted by molar-refractivity contribution is 6.34. The molecule has 0 atom stereocenters. The van der Waals surface area contributed by atoms with Gasteiger partial charge >= 0.3 is 11.8 Å². The zero-order valence-corrected chi connectivity index (χ0v) is 13.4. The van der Waals surface area contributed by atoms with Gasteiger partial charge in [0.05, 0.1) is 0 Å². The number of likely N-dealkylation sites (N-methyl/N-ethyl adjacent to an activating group) is 1. The lowest BCUT2D eigenvalue weighted by molar-refractivity contribution is -0.151. The Labute approximate surface area is 118 Å². The first kappa shape index (κ1) is 17.9. The standard InChI is InChI=1S/C15H30N2O2/c1-7-8-9-16(6)14(18)15(19)17(10-12(2)3)11-13(4)5/h12-13H,7-11H2,1-6H3. The minimum atomic E-state index is -0.380. The molecular formula is C15H30N2O2. The van der Waals surface area contributed by atoms with Crippen molar-refractivity contribution in [3.05, 3.63) is 0 Å². The molecular weight excluding hydrogens is 240 g/mol. The topological polar surface area (TPSA) is 40.6 Å². The van der Waals surface area contributed by atoms with Gasteiger partial charge in [0, 0.05) is 26.7 Å². The Hall–Kier alpha value is -1.06. The van der Waals surface area contributed by atoms with E-state index >= 15 is 0 Å². The molecule has 2 amide bonds. The first-order valence-electron chi connectivity index (χ1n) is 7.33. The van der Waals surface area contributed by atoms with E-state index in [0.29, 0.717) is 31.5 Å². The number of rotatable bonds is 7. The second kappa shape index (κ2) is 8.94. The highest BCUT2D eigenvalue weighted by Gasteiger charge is 2.25. The summed E-state index contributed by atoms with van der Waals surface area (Å²) < 4.78 is 0. The van der Waals surface area contributed by atoms with Gasteiger partial charge in [-0.1, -0.05) is 41.0 Å². The fourth-order valence-corrected chi connectivity index (χ4v) is 1.92. The Balaban J connectivity index is 4.63. The molecule has 4 nitrogen and oxygen atoms in total. The molecule has 0 aromatic rings. The zero-order chi connectivity index (χ0) is 15.0. The van der Waals surface area contributed by atoms with Crippen molar-refractivity contribution in [3.8, 4) is 0 Å². The van der Waals surface area contributed by atoms with Gasteiger partial charge in [-0.3, -0.25) is 9.59 Å². The molecule has 0 saturated heterocycles. The smallest absolute Gasteiger partial charge is 0.312 e. The van der Waals surface area contributed by atoms with Crippen molar-refractivity contribution >= 4 is 11.8 Å². The molecule has 0 spiro atoms. The molecule has 0 unspecified atom stereocenters. The van der Waals surface area contributed by atoms with Crippen molar-refractivity contribution in [2.75, 3.05) is 26.7 Å². The summed E-state index contributed by atoms with van der Waals surface area (Å²) >= 11 is 0. The van der Waals surface area contributed by atoms with Crippen LogP contribution in [-0.2, 0) is 9.59 Å². The van der Waals surface area contributed by atoms with Crippen LogP contribution >= 0.6 is 0 Å². The molecule has 4 heteroatoms. The molecule has 112 valence electrons. The summed E-state index contributed by atoms with van der Waals surface area (Å²) in [4.78, 5) is 27.6. The van der Waals surface area contributed by atoms with E-state index in [2.05, 4.69) is 34.6 Å². The lowest BCUT2D eigenvalue weighted by Gasteiger charge is -2.27. The zero-order valence-electron chi connectivity index (χ0n) is 13.4. The maximum atomic E-state index is 12.3. The van der Waals surface area contributed by atoms with Crippen molar-refractivity contribution < 1.29 is 9.59 Å². The van der Waals surface area contributed by atoms with Crippen LogP contribution in [0.3, 0.4) is 0 Å². The molecule has 0 aromatic heterocycles. The van der Waals surface area contributed by atoms with Crippen LogP contribution in [0.15, 0.2) is 0 Å². The van der Waals surface area contributed by atoms with Crippen LogP contribution in [0.4, 0.5) is 0 Å². The van der Waals surface area contributed by atoms with Crippen LogP contribution in [0.1, 0.15) is 47.5 Å². The van der Waals surface area contributed by atoms with E-state index in [4.69, 9.17) is 0 Å². The summed E-state index contributed by atoms with van der Waals surface area (Å²) in [6, 6.07) is 0. The van der Waals surface area contributed by atoms with Crippen molar-refractivity contribution in [1.29, 1.82) is 0 Å². The molecule has 0 aliphatic rings. The van der Waals surface area contributed by atoms with E-state index in [-0.39, 0.29) is 11.8 Å². The van der Waals surface area contributed by atoms with Gasteiger partial charge < -0.3 is 9.80 Å². The van der Waals surface area contributed by atoms with Gasteiger partial charge in [0.1, 0.15) is 0 Å². The molecule has 0 heterocycles. The highest BCUT2D eigenvalue weighted by Crippen LogP contribution is 2.06. The number of hydrogen-bond acceptors (Lipinski definition) is 2. The first-order valence-corrected chi connectivity index (χ1v) is 7.33. The minimum Gasteiger partial charge on any atom is -0.338 e. The van der Waals surface area contributed by atoms with Crippen LogP contribution < -0.4 is 0 Å². The van der Waals surface area contributed by atoms with Crippen LogP contribution in [0, 0.1) is 11.8 Å². The SMILES string of the molecule is CCCCN(C)C(=O)C(=O)N(CC(C)C)CC(C)C. The van der Waals surface area contributed by atoms with Crippen LogP contribution in [0.5, 0.6) is 0 Å². The summed E-state index contributed by atoms with van der Waals surface area (Å²) in [7, 11) is 1.71. The van der Waals surface area contributed by atoms with Crippen molar-refractivity contribution in [2.24, 2.45) is 11.8 Å². The van der Waals surface area contributed by atoms with E-state index < -0.39 is 0 Å². The quantitative estimate of drug-likeness (QED) is 0.666. The fraction of sp³-hybridized carbons (Fsp3) is 0.867. The minimum absolute atomic E-state index is 0.360. The third-order valence-corrected chi connectivity index (χ3v) is 2.84. The Morgan fingerprint density at radius 3 is 1.79 bits per heavy atom. The monoisotopic (exact) mass is 270 g/mol. The van der Waals surface area contributed by atoms with Gasteiger partial charge in [-0.2, -0.15) is 0 Å². The van der Waals surface area contributed by atoms with E-state index in [1.54, 1.807) is 16.8 Å². The van der Waals surface area contributed by atoms with Crippen LogP contribution in [0.2, 0.25) is 0 Å². The van der Waals surface area contributed by atoms with Gasteiger partial charge in [0.15, 0.2) is 0 Å². The molecule has 0 radical (unpaired) electrons. The fourth-order valence-electron chi connectivity index (χ4n) is 1.92. The van der Waals surface area contributed by atoms with Crippen molar-refractivity contribution in [2.45, 2.75) is 47.5 Å². The Morgan fingerprint density at radius 1 is 0.947 bits per heavy atom.